The number of carboxylic acid groups (broad SMARTS) is 1. The summed E-state index contributed by atoms with van der Waals surface area (Å²) in [6.45, 7) is 0. The molecule has 0 aromatic rings. The average Bonchev–Trinajstić information content (AvgIpc) is 1.61. The van der Waals surface area contributed by atoms with E-state index in [1.807, 2.05) is 0 Å². The molecular weight excluding hydrogens is 162 g/mol. The first-order valence-corrected chi connectivity index (χ1v) is 2.16. The van der Waals surface area contributed by atoms with Gasteiger partial charge in [-0.25, -0.2) is 10.1 Å². The van der Waals surface area contributed by atoms with Gasteiger partial charge in [-0.1, -0.05) is 0 Å². The molecule has 0 heterocycles. The Morgan fingerprint density at radius 1 is 1.86 bits per heavy atom. The van der Waals surface area contributed by atoms with Gasteiger partial charge in [-0.3, -0.25) is 0 Å². The molecule has 38 valence electrons. The van der Waals surface area contributed by atoms with Crippen LogP contribution < -0.4 is 5.32 Å². The van der Waals surface area contributed by atoms with Crippen LogP contribution in [-0.4, -0.2) is 11.2 Å². The third-order valence-corrected chi connectivity index (χ3v) is 0.415. The van der Waals surface area contributed by atoms with Gasteiger partial charge in [-0.05, 0) is 4.83 Å². The van der Waals surface area contributed by atoms with Gasteiger partial charge in [0.15, 0.2) is 0 Å². The number of rotatable bonds is 0. The number of halogens is 1. The van der Waals surface area contributed by atoms with E-state index < -0.39 is 6.09 Å². The second-order valence-electron chi connectivity index (χ2n) is 0.650. The van der Waals surface area contributed by atoms with E-state index in [1.165, 1.54) is 0 Å². The van der Waals surface area contributed by atoms with Gasteiger partial charge in [0.25, 0.3) is 0 Å². The normalized spacial score (nSPS) is 5.86. The molecule has 0 aromatic heterocycles. The second-order valence-corrected chi connectivity index (χ2v) is 1.05. The number of amides is 1. The Balaban J connectivity index is 3.26. The summed E-state index contributed by atoms with van der Waals surface area (Å²) in [6, 6.07) is 2.06. The Kier molecular flexibility index (Phi) is 3.15. The first-order chi connectivity index (χ1) is 3.27. The molecule has 0 rings (SSSR count). The van der Waals surface area contributed by atoms with Crippen LogP contribution in [0.1, 0.15) is 0 Å². The van der Waals surface area contributed by atoms with Crippen molar-refractivity contribution in [3.8, 4) is 10.9 Å². The number of carbonyl (C=O) groups is 1. The molecule has 0 bridgehead atoms. The average molecular weight is 164 g/mol. The topological polar surface area (TPSA) is 49.3 Å². The van der Waals surface area contributed by atoms with Crippen LogP contribution in [-0.2, 0) is 0 Å². The van der Waals surface area contributed by atoms with E-state index in [0.717, 1.165) is 0 Å². The molecule has 0 aromatic carbocycles. The van der Waals surface area contributed by atoms with Crippen LogP contribution >= 0.6 is 15.9 Å². The van der Waals surface area contributed by atoms with Crippen LogP contribution in [0.3, 0.4) is 0 Å². The minimum atomic E-state index is -1.15. The van der Waals surface area contributed by atoms with Crippen molar-refractivity contribution in [1.29, 1.82) is 0 Å². The van der Waals surface area contributed by atoms with E-state index in [2.05, 4.69) is 26.8 Å². The van der Waals surface area contributed by atoms with Crippen LogP contribution in [0.5, 0.6) is 0 Å². The van der Waals surface area contributed by atoms with Crippen molar-refractivity contribution in [2.24, 2.45) is 0 Å². The zero-order valence-corrected chi connectivity index (χ0v) is 4.82. The monoisotopic (exact) mass is 163 g/mol. The lowest BCUT2D eigenvalue weighted by molar-refractivity contribution is 0.199. The molecule has 0 atom stereocenters. The molecule has 0 aliphatic carbocycles. The lowest BCUT2D eigenvalue weighted by Crippen LogP contribution is -2.12. The predicted octanol–water partition coefficient (Wildman–Crippen LogP) is 0.567. The van der Waals surface area contributed by atoms with Crippen LogP contribution in [0.4, 0.5) is 4.79 Å². The van der Waals surface area contributed by atoms with Crippen LogP contribution in [0.2, 0.25) is 0 Å². The van der Waals surface area contributed by atoms with Crippen molar-refractivity contribution >= 4 is 22.0 Å². The van der Waals surface area contributed by atoms with Crippen molar-refractivity contribution in [3.63, 3.8) is 0 Å². The SMILES string of the molecule is O=C(O)NC#CBr. The summed E-state index contributed by atoms with van der Waals surface area (Å²) in [6.07, 6.45) is -1.15. The van der Waals surface area contributed by atoms with E-state index in [1.54, 1.807) is 5.32 Å². The summed E-state index contributed by atoms with van der Waals surface area (Å²) < 4.78 is 0. The van der Waals surface area contributed by atoms with Crippen molar-refractivity contribution in [1.82, 2.24) is 5.32 Å². The number of hydrogen-bond donors (Lipinski definition) is 2. The van der Waals surface area contributed by atoms with E-state index in [9.17, 15) is 4.79 Å². The highest BCUT2D eigenvalue weighted by Crippen LogP contribution is 1.64. The van der Waals surface area contributed by atoms with Gasteiger partial charge < -0.3 is 5.11 Å². The van der Waals surface area contributed by atoms with Gasteiger partial charge in [0, 0.05) is 22.0 Å². The lowest BCUT2D eigenvalue weighted by Gasteiger charge is -1.79. The van der Waals surface area contributed by atoms with Crippen molar-refractivity contribution in [2.75, 3.05) is 0 Å². The quantitative estimate of drug-likeness (QED) is 0.406. The van der Waals surface area contributed by atoms with Gasteiger partial charge in [0.1, 0.15) is 0 Å². The summed E-state index contributed by atoms with van der Waals surface area (Å²) in [7, 11) is 0. The number of hydrogen-bond acceptors (Lipinski definition) is 1. The Labute approximate surface area is 48.8 Å². The highest BCUT2D eigenvalue weighted by Gasteiger charge is 1.82. The predicted molar refractivity (Wildman–Crippen MR) is 27.9 cm³/mol. The fourth-order valence-electron chi connectivity index (χ4n) is 0.0771. The van der Waals surface area contributed by atoms with E-state index >= 15 is 0 Å². The Hall–Kier alpha value is -0.690. The molecule has 7 heavy (non-hydrogen) atoms. The summed E-state index contributed by atoms with van der Waals surface area (Å²) in [4.78, 5) is 11.7. The molecule has 0 spiro atoms. The van der Waals surface area contributed by atoms with Gasteiger partial charge in [0.2, 0.25) is 0 Å². The Morgan fingerprint density at radius 2 is 2.43 bits per heavy atom. The molecule has 1 amide bonds. The second kappa shape index (κ2) is 3.50. The van der Waals surface area contributed by atoms with Crippen molar-refractivity contribution in [3.05, 3.63) is 0 Å². The van der Waals surface area contributed by atoms with Gasteiger partial charge in [-0.2, -0.15) is 0 Å². The molecule has 0 unspecified atom stereocenters. The standard InChI is InChI=1S/C3H2BrNO2/c4-1-2-5-3(6)7/h5H,(H,6,7). The molecular formula is C3H2BrNO2. The molecule has 2 N–H and O–H groups in total. The third kappa shape index (κ3) is 5.31. The Morgan fingerprint density at radius 3 is 2.57 bits per heavy atom. The zero-order valence-electron chi connectivity index (χ0n) is 3.23. The first kappa shape index (κ1) is 6.31. The highest BCUT2D eigenvalue weighted by molar-refractivity contribution is 9.12. The maximum absolute atomic E-state index is 9.52. The minimum Gasteiger partial charge on any atom is -0.464 e. The lowest BCUT2D eigenvalue weighted by atomic mass is 11.0. The van der Waals surface area contributed by atoms with Crippen LogP contribution in [0, 0.1) is 10.9 Å². The summed E-state index contributed by atoms with van der Waals surface area (Å²) in [5, 5.41) is 9.61. The molecule has 0 saturated carbocycles. The van der Waals surface area contributed by atoms with Gasteiger partial charge in [-0.15, -0.1) is 0 Å². The molecule has 0 aliphatic rings. The largest absolute Gasteiger partial charge is 0.464 e. The Bertz CT molecular complexity index is 123. The summed E-state index contributed by atoms with van der Waals surface area (Å²) in [5.74, 6) is 0. The molecule has 0 fully saturated rings. The molecule has 0 saturated heterocycles. The fraction of sp³-hybridized carbons (Fsp3) is 0. The molecule has 0 aliphatic heterocycles. The maximum atomic E-state index is 9.52. The van der Waals surface area contributed by atoms with Crippen molar-refractivity contribution in [2.45, 2.75) is 0 Å². The van der Waals surface area contributed by atoms with E-state index in [-0.39, 0.29) is 0 Å². The van der Waals surface area contributed by atoms with E-state index in [0.29, 0.717) is 0 Å². The smallest absolute Gasteiger partial charge is 0.416 e. The zero-order chi connectivity index (χ0) is 5.70. The number of nitrogens with one attached hydrogen (secondary N) is 1. The van der Waals surface area contributed by atoms with Gasteiger partial charge >= 0.3 is 6.09 Å². The highest BCUT2D eigenvalue weighted by atomic mass is 79.9. The first-order valence-electron chi connectivity index (χ1n) is 1.37. The molecule has 3 nitrogen and oxygen atoms in total. The van der Waals surface area contributed by atoms with Gasteiger partial charge in [0.05, 0.1) is 0 Å². The molecule has 4 heteroatoms. The van der Waals surface area contributed by atoms with Crippen LogP contribution in [0.15, 0.2) is 0 Å². The summed E-state index contributed by atoms with van der Waals surface area (Å²) >= 11 is 2.69. The maximum Gasteiger partial charge on any atom is 0.416 e. The minimum absolute atomic E-state index is 1.15. The molecule has 0 radical (unpaired) electrons. The fourth-order valence-corrected chi connectivity index (χ4v) is 0.176. The van der Waals surface area contributed by atoms with Crippen LogP contribution in [0.25, 0.3) is 0 Å². The third-order valence-electron chi connectivity index (χ3n) is 0.217. The summed E-state index contributed by atoms with van der Waals surface area (Å²) in [5.41, 5.74) is 0. The van der Waals surface area contributed by atoms with E-state index in [4.69, 9.17) is 5.11 Å². The van der Waals surface area contributed by atoms with Crippen molar-refractivity contribution < 1.29 is 9.90 Å².